The van der Waals surface area contributed by atoms with Crippen LogP contribution in [0.5, 0.6) is 11.5 Å². The predicted molar refractivity (Wildman–Crippen MR) is 127 cm³/mol. The molecular weight excluding hydrogens is 496 g/mol. The molecule has 35 heavy (non-hydrogen) atoms. The van der Waals surface area contributed by atoms with Gasteiger partial charge in [-0.1, -0.05) is 16.7 Å². The number of amides is 1. The summed E-state index contributed by atoms with van der Waals surface area (Å²) >= 11 is 5.81. The van der Waals surface area contributed by atoms with Gasteiger partial charge in [0.1, 0.15) is 13.2 Å². The Balaban J connectivity index is 1.24. The Hall–Kier alpha value is -4.09. The molecule has 2 N–H and O–H groups in total. The van der Waals surface area contributed by atoms with Crippen LogP contribution in [0.15, 0.2) is 76.0 Å². The van der Waals surface area contributed by atoms with Crippen LogP contribution >= 0.6 is 11.6 Å². The first-order chi connectivity index (χ1) is 16.9. The fourth-order valence-corrected chi connectivity index (χ4v) is 4.44. The van der Waals surface area contributed by atoms with Crippen molar-refractivity contribution < 1.29 is 27.1 Å². The van der Waals surface area contributed by atoms with Crippen LogP contribution in [-0.2, 0) is 10.0 Å². The van der Waals surface area contributed by atoms with E-state index in [1.54, 1.807) is 18.2 Å². The topological polar surface area (TPSA) is 133 Å². The van der Waals surface area contributed by atoms with Crippen LogP contribution in [0.25, 0.3) is 11.5 Å². The number of rotatable bonds is 6. The number of nitrogens with one attached hydrogen (secondary N) is 2. The molecule has 0 unspecified atom stereocenters. The Morgan fingerprint density at radius 1 is 0.886 bits per heavy atom. The third kappa shape index (κ3) is 5.05. The lowest BCUT2D eigenvalue weighted by molar-refractivity contribution is 0.102. The lowest BCUT2D eigenvalue weighted by Crippen LogP contribution is -2.15. The second-order valence-electron chi connectivity index (χ2n) is 7.36. The molecule has 178 valence electrons. The van der Waals surface area contributed by atoms with Gasteiger partial charge in [0.2, 0.25) is 5.89 Å². The van der Waals surface area contributed by atoms with Crippen molar-refractivity contribution in [1.29, 1.82) is 0 Å². The van der Waals surface area contributed by atoms with Gasteiger partial charge in [-0.3, -0.25) is 14.8 Å². The van der Waals surface area contributed by atoms with Crippen LogP contribution in [0, 0.1) is 0 Å². The maximum Gasteiger partial charge on any atom is 0.322 e. The number of aromatic nitrogens is 2. The SMILES string of the molecule is O=C(Nc1nnc(-c2ccc3c(c2)OCCO3)o1)c1ccc(NS(=O)(=O)c2ccc(Cl)cc2)cc1. The highest BCUT2D eigenvalue weighted by Crippen LogP contribution is 2.34. The number of halogens is 1. The Morgan fingerprint density at radius 3 is 2.34 bits per heavy atom. The van der Waals surface area contributed by atoms with E-state index in [4.69, 9.17) is 25.5 Å². The Labute approximate surface area is 204 Å². The summed E-state index contributed by atoms with van der Waals surface area (Å²) in [5.41, 5.74) is 1.16. The molecule has 3 aromatic carbocycles. The number of carbonyl (C=O) groups excluding carboxylic acids is 1. The monoisotopic (exact) mass is 512 g/mol. The summed E-state index contributed by atoms with van der Waals surface area (Å²) < 4.78 is 44.0. The number of carbonyl (C=O) groups is 1. The molecule has 0 saturated heterocycles. The van der Waals surface area contributed by atoms with Gasteiger partial charge >= 0.3 is 6.01 Å². The first kappa shape index (κ1) is 22.7. The molecule has 0 radical (unpaired) electrons. The van der Waals surface area contributed by atoms with E-state index in [2.05, 4.69) is 20.2 Å². The smallest absolute Gasteiger partial charge is 0.322 e. The van der Waals surface area contributed by atoms with Crippen LogP contribution in [0.1, 0.15) is 10.4 Å². The van der Waals surface area contributed by atoms with Crippen LogP contribution in [-0.4, -0.2) is 37.7 Å². The number of nitrogens with zero attached hydrogens (tertiary/aromatic N) is 2. The van der Waals surface area contributed by atoms with Gasteiger partial charge in [-0.05, 0) is 66.7 Å². The van der Waals surface area contributed by atoms with Crippen LogP contribution in [0.3, 0.4) is 0 Å². The molecule has 1 aliphatic rings. The fourth-order valence-electron chi connectivity index (χ4n) is 3.25. The summed E-state index contributed by atoms with van der Waals surface area (Å²) in [6.07, 6.45) is 0. The summed E-state index contributed by atoms with van der Waals surface area (Å²) in [7, 11) is -3.80. The number of hydrogen-bond acceptors (Lipinski definition) is 8. The summed E-state index contributed by atoms with van der Waals surface area (Å²) in [6, 6.07) is 16.8. The summed E-state index contributed by atoms with van der Waals surface area (Å²) in [4.78, 5) is 12.6. The van der Waals surface area contributed by atoms with Gasteiger partial charge in [-0.15, -0.1) is 5.10 Å². The number of benzene rings is 3. The summed E-state index contributed by atoms with van der Waals surface area (Å²) in [6.45, 7) is 0.932. The molecule has 0 bridgehead atoms. The maximum atomic E-state index is 12.6. The Bertz CT molecular complexity index is 1490. The van der Waals surface area contributed by atoms with Crippen LogP contribution in [0.4, 0.5) is 11.7 Å². The lowest BCUT2D eigenvalue weighted by Gasteiger charge is -2.18. The van der Waals surface area contributed by atoms with Crippen molar-refractivity contribution >= 4 is 39.2 Å². The highest BCUT2D eigenvalue weighted by molar-refractivity contribution is 7.92. The fraction of sp³-hybridized carbons (Fsp3) is 0.0870. The normalized spacial score (nSPS) is 12.7. The zero-order chi connectivity index (χ0) is 24.4. The standard InChI is InChI=1S/C23H17ClN4O6S/c24-16-4-8-18(9-5-16)35(30,31)28-17-6-1-14(2-7-17)21(29)25-23-27-26-22(34-23)15-3-10-19-20(13-15)33-12-11-32-19/h1-10,13,28H,11-12H2,(H,25,27,29). The molecule has 0 aliphatic carbocycles. The second-order valence-corrected chi connectivity index (χ2v) is 9.48. The van der Waals surface area contributed by atoms with E-state index in [1.165, 1.54) is 48.5 Å². The highest BCUT2D eigenvalue weighted by Gasteiger charge is 2.18. The minimum Gasteiger partial charge on any atom is -0.486 e. The lowest BCUT2D eigenvalue weighted by atomic mass is 10.2. The average Bonchev–Trinajstić information content (AvgIpc) is 3.32. The molecule has 0 saturated carbocycles. The Morgan fingerprint density at radius 2 is 1.60 bits per heavy atom. The molecule has 1 aliphatic heterocycles. The number of fused-ring (bicyclic) bond motifs is 1. The zero-order valence-electron chi connectivity index (χ0n) is 17.9. The van der Waals surface area contributed by atoms with Crippen molar-refractivity contribution in [3.05, 3.63) is 77.3 Å². The molecular formula is C23H17ClN4O6S. The molecule has 4 aromatic rings. The van der Waals surface area contributed by atoms with Crippen LogP contribution < -0.4 is 19.5 Å². The molecule has 12 heteroatoms. The average molecular weight is 513 g/mol. The molecule has 1 aromatic heterocycles. The quantitative estimate of drug-likeness (QED) is 0.392. The molecule has 0 fully saturated rings. The Kier molecular flexibility index (Phi) is 6.01. The first-order valence-corrected chi connectivity index (χ1v) is 12.2. The molecule has 5 rings (SSSR count). The van der Waals surface area contributed by atoms with E-state index in [0.29, 0.717) is 35.3 Å². The van der Waals surface area contributed by atoms with Gasteiger partial charge in [0.15, 0.2) is 11.5 Å². The number of ether oxygens (including phenoxy) is 2. The summed E-state index contributed by atoms with van der Waals surface area (Å²) in [5, 5.41) is 10.8. The van der Waals surface area contributed by atoms with E-state index in [9.17, 15) is 13.2 Å². The van der Waals surface area contributed by atoms with Crippen LogP contribution in [0.2, 0.25) is 5.02 Å². The van der Waals surface area contributed by atoms with E-state index in [1.807, 2.05) is 0 Å². The van der Waals surface area contributed by atoms with Gasteiger partial charge in [0.05, 0.1) is 4.90 Å². The number of hydrogen-bond donors (Lipinski definition) is 2. The van der Waals surface area contributed by atoms with Gasteiger partial charge in [-0.25, -0.2) is 8.42 Å². The molecule has 0 spiro atoms. The highest BCUT2D eigenvalue weighted by atomic mass is 35.5. The third-order valence-corrected chi connectivity index (χ3v) is 6.61. The summed E-state index contributed by atoms with van der Waals surface area (Å²) in [5.74, 6) is 0.898. The van der Waals surface area contributed by atoms with E-state index < -0.39 is 15.9 Å². The second kappa shape index (κ2) is 9.28. The van der Waals surface area contributed by atoms with Crippen molar-refractivity contribution in [1.82, 2.24) is 10.2 Å². The molecule has 0 atom stereocenters. The van der Waals surface area contributed by atoms with E-state index in [0.717, 1.165) is 0 Å². The van der Waals surface area contributed by atoms with E-state index >= 15 is 0 Å². The third-order valence-electron chi connectivity index (χ3n) is 4.96. The van der Waals surface area contributed by atoms with E-state index in [-0.39, 0.29) is 28.1 Å². The minimum absolute atomic E-state index is 0.0638. The predicted octanol–water partition coefficient (Wildman–Crippen LogP) is 4.21. The van der Waals surface area contributed by atoms with Crippen molar-refractivity contribution in [2.24, 2.45) is 0 Å². The van der Waals surface area contributed by atoms with Crippen molar-refractivity contribution in [2.75, 3.05) is 23.3 Å². The van der Waals surface area contributed by atoms with Gasteiger partial charge in [-0.2, -0.15) is 0 Å². The minimum atomic E-state index is -3.80. The van der Waals surface area contributed by atoms with Gasteiger partial charge < -0.3 is 13.9 Å². The number of anilines is 2. The molecule has 10 nitrogen and oxygen atoms in total. The van der Waals surface area contributed by atoms with Crippen molar-refractivity contribution in [3.63, 3.8) is 0 Å². The number of sulfonamides is 1. The first-order valence-electron chi connectivity index (χ1n) is 10.3. The van der Waals surface area contributed by atoms with Crippen molar-refractivity contribution in [3.8, 4) is 23.0 Å². The van der Waals surface area contributed by atoms with Crippen molar-refractivity contribution in [2.45, 2.75) is 4.90 Å². The molecule has 1 amide bonds. The maximum absolute atomic E-state index is 12.6. The van der Waals surface area contributed by atoms with Gasteiger partial charge in [0.25, 0.3) is 15.9 Å². The largest absolute Gasteiger partial charge is 0.486 e. The van der Waals surface area contributed by atoms with Gasteiger partial charge in [0, 0.05) is 21.8 Å². The zero-order valence-corrected chi connectivity index (χ0v) is 19.5. The molecule has 2 heterocycles.